The van der Waals surface area contributed by atoms with Gasteiger partial charge in [-0.3, -0.25) is 0 Å². The number of nitrogens with zero attached hydrogens (tertiary/aromatic N) is 1. The van der Waals surface area contributed by atoms with Crippen LogP contribution in [0.3, 0.4) is 0 Å². The van der Waals surface area contributed by atoms with E-state index in [9.17, 15) is 8.42 Å². The van der Waals surface area contributed by atoms with Crippen molar-refractivity contribution in [3.05, 3.63) is 29.8 Å². The monoisotopic (exact) mass is 295 g/mol. The molecule has 20 heavy (non-hydrogen) atoms. The Morgan fingerprint density at radius 1 is 1.10 bits per heavy atom. The fraction of sp³-hybridized carbons (Fsp3) is 0.625. The minimum absolute atomic E-state index is 0.262. The van der Waals surface area contributed by atoms with E-state index in [2.05, 4.69) is 20.8 Å². The third-order valence-corrected chi connectivity index (χ3v) is 6.45. The highest BCUT2D eigenvalue weighted by Gasteiger charge is 2.34. The van der Waals surface area contributed by atoms with E-state index in [1.807, 2.05) is 19.1 Å². The van der Waals surface area contributed by atoms with Gasteiger partial charge >= 0.3 is 0 Å². The predicted molar refractivity (Wildman–Crippen MR) is 82.1 cm³/mol. The van der Waals surface area contributed by atoms with Gasteiger partial charge in [0.05, 0.1) is 4.90 Å². The normalized spacial score (nSPS) is 19.2. The molecule has 0 spiro atoms. The first-order valence-corrected chi connectivity index (χ1v) is 8.73. The summed E-state index contributed by atoms with van der Waals surface area (Å²) in [5.41, 5.74) is 1.09. The van der Waals surface area contributed by atoms with E-state index in [0.717, 1.165) is 18.4 Å². The van der Waals surface area contributed by atoms with Crippen LogP contribution in [0.5, 0.6) is 0 Å². The fourth-order valence-electron chi connectivity index (χ4n) is 2.95. The molecule has 0 amide bonds. The van der Waals surface area contributed by atoms with Crippen LogP contribution in [0.4, 0.5) is 0 Å². The summed E-state index contributed by atoms with van der Waals surface area (Å²) in [6.07, 6.45) is 1.91. The van der Waals surface area contributed by atoms with Gasteiger partial charge in [0.1, 0.15) is 0 Å². The molecule has 1 aromatic rings. The van der Waals surface area contributed by atoms with Crippen LogP contribution >= 0.6 is 0 Å². The average molecular weight is 295 g/mol. The van der Waals surface area contributed by atoms with Gasteiger partial charge in [-0.05, 0) is 42.7 Å². The van der Waals surface area contributed by atoms with Crippen LogP contribution in [0.2, 0.25) is 0 Å². The molecule has 1 aromatic carbocycles. The maximum Gasteiger partial charge on any atom is 0.243 e. The maximum atomic E-state index is 12.7. The second-order valence-corrected chi connectivity index (χ2v) is 8.72. The lowest BCUT2D eigenvalue weighted by Crippen LogP contribution is -2.41. The highest BCUT2D eigenvalue weighted by atomic mass is 32.2. The molecule has 3 nitrogen and oxygen atoms in total. The molecule has 0 atom stereocenters. The van der Waals surface area contributed by atoms with Crippen LogP contribution in [0, 0.1) is 18.3 Å². The molecule has 112 valence electrons. The third-order valence-electron chi connectivity index (χ3n) is 4.39. The van der Waals surface area contributed by atoms with Gasteiger partial charge in [-0.25, -0.2) is 8.42 Å². The predicted octanol–water partition coefficient (Wildman–Crippen LogP) is 3.44. The number of benzene rings is 1. The van der Waals surface area contributed by atoms with Gasteiger partial charge in [-0.15, -0.1) is 0 Å². The van der Waals surface area contributed by atoms with Crippen molar-refractivity contribution >= 4 is 10.0 Å². The summed E-state index contributed by atoms with van der Waals surface area (Å²) < 4.78 is 27.0. The Kier molecular flexibility index (Phi) is 4.26. The molecule has 1 heterocycles. The molecular weight excluding hydrogens is 270 g/mol. The molecule has 0 saturated carbocycles. The van der Waals surface area contributed by atoms with Crippen molar-refractivity contribution in [2.45, 2.75) is 45.4 Å². The Morgan fingerprint density at radius 2 is 1.65 bits per heavy atom. The lowest BCUT2D eigenvalue weighted by atomic mass is 9.76. The number of hydrogen-bond donors (Lipinski definition) is 0. The molecule has 4 heteroatoms. The average Bonchev–Trinajstić information content (AvgIpc) is 2.38. The molecule has 1 aliphatic rings. The molecule has 0 unspecified atom stereocenters. The van der Waals surface area contributed by atoms with Crippen LogP contribution in [0.1, 0.15) is 39.2 Å². The molecule has 1 saturated heterocycles. The van der Waals surface area contributed by atoms with Crippen LogP contribution in [-0.4, -0.2) is 25.8 Å². The Morgan fingerprint density at radius 3 is 2.15 bits per heavy atom. The van der Waals surface area contributed by atoms with Gasteiger partial charge in [0.25, 0.3) is 0 Å². The highest BCUT2D eigenvalue weighted by Crippen LogP contribution is 2.35. The largest absolute Gasteiger partial charge is 0.243 e. The van der Waals surface area contributed by atoms with Gasteiger partial charge in [-0.2, -0.15) is 4.31 Å². The van der Waals surface area contributed by atoms with E-state index in [1.165, 1.54) is 0 Å². The smallest absolute Gasteiger partial charge is 0.207 e. The molecule has 0 bridgehead atoms. The summed E-state index contributed by atoms with van der Waals surface area (Å²) in [5.74, 6) is 0.603. The molecule has 0 aromatic heterocycles. The number of piperidine rings is 1. The molecule has 0 radical (unpaired) electrons. The van der Waals surface area contributed by atoms with Crippen molar-refractivity contribution in [1.82, 2.24) is 4.31 Å². The maximum absolute atomic E-state index is 12.7. The highest BCUT2D eigenvalue weighted by molar-refractivity contribution is 7.89. The van der Waals surface area contributed by atoms with Gasteiger partial charge in [0.15, 0.2) is 0 Å². The first-order valence-electron chi connectivity index (χ1n) is 7.29. The molecule has 1 fully saturated rings. The van der Waals surface area contributed by atoms with Gasteiger partial charge in [-0.1, -0.05) is 39.0 Å². The summed E-state index contributed by atoms with van der Waals surface area (Å²) in [6.45, 7) is 9.85. The summed E-state index contributed by atoms with van der Waals surface area (Å²) >= 11 is 0. The van der Waals surface area contributed by atoms with Crippen molar-refractivity contribution in [2.75, 3.05) is 13.1 Å². The lowest BCUT2D eigenvalue weighted by molar-refractivity contribution is 0.154. The zero-order valence-electron chi connectivity index (χ0n) is 12.9. The van der Waals surface area contributed by atoms with Crippen LogP contribution in [0.25, 0.3) is 0 Å². The first kappa shape index (κ1) is 15.5. The van der Waals surface area contributed by atoms with E-state index in [-0.39, 0.29) is 5.41 Å². The van der Waals surface area contributed by atoms with Crippen molar-refractivity contribution in [3.8, 4) is 0 Å². The minimum atomic E-state index is -3.33. The van der Waals surface area contributed by atoms with Crippen LogP contribution in [0.15, 0.2) is 29.2 Å². The third kappa shape index (κ3) is 3.07. The van der Waals surface area contributed by atoms with Crippen LogP contribution < -0.4 is 0 Å². The topological polar surface area (TPSA) is 37.4 Å². The van der Waals surface area contributed by atoms with Crippen molar-refractivity contribution in [2.24, 2.45) is 11.3 Å². The molecule has 1 aliphatic heterocycles. The zero-order valence-corrected chi connectivity index (χ0v) is 13.7. The standard InChI is InChI=1S/C16H25NO2S/c1-13-7-5-6-8-15(13)20(18,19)17-11-9-14(10-12-17)16(2,3)4/h5-8,14H,9-12H2,1-4H3. The molecule has 2 rings (SSSR count). The number of aryl methyl sites for hydroxylation is 1. The van der Waals surface area contributed by atoms with Gasteiger partial charge < -0.3 is 0 Å². The molecular formula is C16H25NO2S. The second-order valence-electron chi connectivity index (χ2n) is 6.81. The summed E-state index contributed by atoms with van der Waals surface area (Å²) in [6, 6.07) is 7.23. The van der Waals surface area contributed by atoms with E-state index in [0.29, 0.717) is 23.9 Å². The van der Waals surface area contributed by atoms with E-state index < -0.39 is 10.0 Å². The quantitative estimate of drug-likeness (QED) is 0.838. The number of rotatable bonds is 2. The zero-order chi connectivity index (χ0) is 15.0. The Balaban J connectivity index is 2.16. The number of hydrogen-bond acceptors (Lipinski definition) is 2. The Labute approximate surface area is 123 Å². The Bertz CT molecular complexity index is 564. The van der Waals surface area contributed by atoms with Crippen molar-refractivity contribution in [3.63, 3.8) is 0 Å². The van der Waals surface area contributed by atoms with Gasteiger partial charge in [0.2, 0.25) is 10.0 Å². The SMILES string of the molecule is Cc1ccccc1S(=O)(=O)N1CCC(C(C)(C)C)CC1. The summed E-state index contributed by atoms with van der Waals surface area (Å²) in [5, 5.41) is 0. The molecule has 0 N–H and O–H groups in total. The van der Waals surface area contributed by atoms with Crippen molar-refractivity contribution < 1.29 is 8.42 Å². The summed E-state index contributed by atoms with van der Waals surface area (Å²) in [4.78, 5) is 0.453. The van der Waals surface area contributed by atoms with Crippen LogP contribution in [-0.2, 0) is 10.0 Å². The fourth-order valence-corrected chi connectivity index (χ4v) is 4.64. The second kappa shape index (κ2) is 5.49. The van der Waals surface area contributed by atoms with E-state index in [4.69, 9.17) is 0 Å². The van der Waals surface area contributed by atoms with Gasteiger partial charge in [0, 0.05) is 13.1 Å². The van der Waals surface area contributed by atoms with E-state index in [1.54, 1.807) is 16.4 Å². The summed E-state index contributed by atoms with van der Waals surface area (Å²) in [7, 11) is -3.33. The van der Waals surface area contributed by atoms with E-state index >= 15 is 0 Å². The van der Waals surface area contributed by atoms with Crippen molar-refractivity contribution in [1.29, 1.82) is 0 Å². The lowest BCUT2D eigenvalue weighted by Gasteiger charge is -2.38. The number of sulfonamides is 1. The molecule has 0 aliphatic carbocycles. The minimum Gasteiger partial charge on any atom is -0.207 e. The Hall–Kier alpha value is -0.870. The first-order chi connectivity index (χ1) is 9.23.